The van der Waals surface area contributed by atoms with Crippen LogP contribution < -0.4 is 11.3 Å². The zero-order valence-electron chi connectivity index (χ0n) is 25.4. The molecule has 0 aliphatic carbocycles. The summed E-state index contributed by atoms with van der Waals surface area (Å²) in [6, 6.07) is 0. The molecular weight excluding hydrogens is 564 g/mol. The minimum absolute atomic E-state index is 0.0533. The summed E-state index contributed by atoms with van der Waals surface area (Å²) >= 11 is 0. The highest BCUT2D eigenvalue weighted by molar-refractivity contribution is 7.52. The van der Waals surface area contributed by atoms with E-state index in [-0.39, 0.29) is 36.9 Å². The van der Waals surface area contributed by atoms with Crippen LogP contribution in [0, 0.1) is 0 Å². The number of anilines is 1. The number of H-pyrrole nitrogens is 1. The van der Waals surface area contributed by atoms with Crippen molar-refractivity contribution in [2.75, 3.05) is 38.6 Å². The van der Waals surface area contributed by atoms with E-state index in [9.17, 15) is 18.6 Å². The van der Waals surface area contributed by atoms with Crippen LogP contribution in [0.4, 0.5) is 10.3 Å². The number of nitrogens with two attached hydrogens (primary N) is 1. The predicted molar refractivity (Wildman–Crippen MR) is 164 cm³/mol. The molecule has 0 saturated heterocycles. The van der Waals surface area contributed by atoms with Crippen molar-refractivity contribution in [3.05, 3.63) is 16.7 Å². The molecule has 2 heterocycles. The predicted octanol–water partition coefficient (Wildman–Crippen LogP) is 6.49. The second-order valence-corrected chi connectivity index (χ2v) is 12.8. The minimum Gasteiger partial charge on any atom is -0.379 e. The number of hydrogen-bond acceptors (Lipinski definition) is 8. The van der Waals surface area contributed by atoms with Crippen molar-refractivity contribution in [1.29, 1.82) is 0 Å². The zero-order chi connectivity index (χ0) is 30.5. The van der Waals surface area contributed by atoms with Gasteiger partial charge in [0.2, 0.25) is 5.95 Å². The van der Waals surface area contributed by atoms with E-state index >= 15 is 0 Å². The van der Waals surface area contributed by atoms with Gasteiger partial charge in [-0.3, -0.25) is 14.3 Å². The first kappa shape index (κ1) is 36.3. The molecule has 0 aromatic carbocycles. The Morgan fingerprint density at radius 3 is 2.10 bits per heavy atom. The summed E-state index contributed by atoms with van der Waals surface area (Å²) in [5.74, 6) is -0.0998. The van der Waals surface area contributed by atoms with Crippen LogP contribution in [-0.4, -0.2) is 63.4 Å². The molecule has 0 fully saturated rings. The van der Waals surface area contributed by atoms with Crippen LogP contribution >= 0.6 is 7.60 Å². The van der Waals surface area contributed by atoms with Crippen LogP contribution in [0.15, 0.2) is 11.1 Å². The van der Waals surface area contributed by atoms with Crippen LogP contribution in [0.25, 0.3) is 11.2 Å². The Balaban J connectivity index is 1.43. The van der Waals surface area contributed by atoms with Crippen LogP contribution in [0.1, 0.15) is 110 Å². The van der Waals surface area contributed by atoms with Gasteiger partial charge in [-0.2, -0.15) is 4.98 Å². The van der Waals surface area contributed by atoms with Gasteiger partial charge in [-0.1, -0.05) is 103 Å². The minimum atomic E-state index is -4.09. The fraction of sp³-hybridized carbons (Fsp3) is 0.828. The smallest absolute Gasteiger partial charge is 0.353 e. The number of ether oxygens (including phenoxy) is 2. The van der Waals surface area contributed by atoms with Gasteiger partial charge in [0.05, 0.1) is 26.1 Å². The number of aromatic amines is 1. The maximum absolute atomic E-state index is 13.5. The van der Waals surface area contributed by atoms with E-state index in [0.717, 1.165) is 12.8 Å². The number of unbranched alkanes of at least 4 members (excludes halogenated alkanes) is 15. The number of halogens is 1. The lowest BCUT2D eigenvalue weighted by molar-refractivity contribution is 0.0373. The van der Waals surface area contributed by atoms with E-state index in [2.05, 4.69) is 21.9 Å². The number of nitrogens with one attached hydrogen (secondary N) is 1. The van der Waals surface area contributed by atoms with E-state index in [1.54, 1.807) is 0 Å². The molecule has 0 aliphatic rings. The molecule has 11 nitrogen and oxygen atoms in total. The molecule has 13 heteroatoms. The molecule has 0 radical (unpaired) electrons. The van der Waals surface area contributed by atoms with Gasteiger partial charge >= 0.3 is 7.60 Å². The summed E-state index contributed by atoms with van der Waals surface area (Å²) in [6.07, 6.45) is 20.5. The molecule has 242 valence electrons. The molecule has 2 aromatic rings. The molecule has 2 aromatic heterocycles. The quantitative estimate of drug-likeness (QED) is 0.0753. The van der Waals surface area contributed by atoms with Crippen molar-refractivity contribution >= 4 is 24.7 Å². The second-order valence-electron chi connectivity index (χ2n) is 11.0. The van der Waals surface area contributed by atoms with Gasteiger partial charge in [-0.15, -0.1) is 0 Å². The van der Waals surface area contributed by atoms with Gasteiger partial charge in [0.15, 0.2) is 11.2 Å². The Morgan fingerprint density at radius 2 is 1.52 bits per heavy atom. The van der Waals surface area contributed by atoms with Crippen molar-refractivity contribution in [2.45, 2.75) is 122 Å². The Morgan fingerprint density at radius 1 is 0.952 bits per heavy atom. The molecule has 0 bridgehead atoms. The number of aromatic nitrogens is 4. The van der Waals surface area contributed by atoms with Gasteiger partial charge in [0, 0.05) is 6.61 Å². The lowest BCUT2D eigenvalue weighted by atomic mass is 10.0. The van der Waals surface area contributed by atoms with Gasteiger partial charge in [0.1, 0.15) is 19.1 Å². The summed E-state index contributed by atoms with van der Waals surface area (Å²) in [7, 11) is -4.09. The Kier molecular flexibility index (Phi) is 18.8. The third kappa shape index (κ3) is 15.6. The maximum Gasteiger partial charge on any atom is 0.353 e. The summed E-state index contributed by atoms with van der Waals surface area (Å²) in [5, 5.41) is 0. The molecule has 0 amide bonds. The number of alkyl halides is 1. The first-order valence-electron chi connectivity index (χ1n) is 15.8. The Bertz CT molecular complexity index is 1080. The normalized spacial score (nSPS) is 14.0. The number of nitrogen functional groups attached to an aromatic ring is 1. The van der Waals surface area contributed by atoms with Crippen molar-refractivity contribution < 1.29 is 27.8 Å². The van der Waals surface area contributed by atoms with E-state index in [1.165, 1.54) is 101 Å². The standard InChI is InChI=1S/C29H53FN5O6P/c1-2-3-4-5-6-7-8-9-10-11-12-13-14-15-16-17-18-39-19-20-41-42(37,38)24-40-25(21-30)22-35-23-32-26-27(35)33-29(31)34-28(26)36/h23,25H,2-22,24H2,1H3,(H,37,38)(H3,31,33,34,36)/t25-/m1/s1. The lowest BCUT2D eigenvalue weighted by Crippen LogP contribution is -2.23. The van der Waals surface area contributed by atoms with Crippen molar-refractivity contribution in [3.8, 4) is 0 Å². The fourth-order valence-electron chi connectivity index (χ4n) is 4.80. The van der Waals surface area contributed by atoms with E-state index in [1.807, 2.05) is 0 Å². The topological polar surface area (TPSA) is 155 Å². The maximum atomic E-state index is 13.5. The molecule has 0 aliphatic heterocycles. The highest BCUT2D eigenvalue weighted by Gasteiger charge is 2.23. The molecule has 2 rings (SSSR count). The van der Waals surface area contributed by atoms with Crippen LogP contribution in [0.2, 0.25) is 0 Å². The number of hydrogen-bond donors (Lipinski definition) is 3. The van der Waals surface area contributed by atoms with Gasteiger partial charge < -0.3 is 29.2 Å². The third-order valence-corrected chi connectivity index (χ3v) is 8.26. The summed E-state index contributed by atoms with van der Waals surface area (Å²) in [6.45, 7) is 1.97. The molecule has 0 spiro atoms. The van der Waals surface area contributed by atoms with E-state index in [0.29, 0.717) is 6.61 Å². The first-order valence-corrected chi connectivity index (χ1v) is 17.5. The number of imidazole rings is 1. The van der Waals surface area contributed by atoms with Crippen LogP contribution in [0.5, 0.6) is 0 Å². The zero-order valence-corrected chi connectivity index (χ0v) is 26.3. The highest BCUT2D eigenvalue weighted by Crippen LogP contribution is 2.41. The molecule has 1 unspecified atom stereocenters. The number of fused-ring (bicyclic) bond motifs is 1. The van der Waals surface area contributed by atoms with Gasteiger partial charge in [0.25, 0.3) is 5.56 Å². The average Bonchev–Trinajstić information content (AvgIpc) is 3.36. The second kappa shape index (κ2) is 21.8. The molecule has 0 saturated carbocycles. The number of nitrogens with zero attached hydrogens (tertiary/aromatic N) is 3. The Hall–Kier alpha value is -1.85. The third-order valence-electron chi connectivity index (χ3n) is 7.20. The average molecular weight is 618 g/mol. The SMILES string of the molecule is CCCCCCCCCCCCCCCCCCOCCOP(=O)(O)CO[C@H](CF)Cn1cnc2c(=O)[nH]c(N)nc21. The molecule has 4 N–H and O–H groups in total. The number of rotatable bonds is 27. The van der Waals surface area contributed by atoms with Gasteiger partial charge in [-0.25, -0.2) is 9.37 Å². The monoisotopic (exact) mass is 617 g/mol. The lowest BCUT2D eigenvalue weighted by Gasteiger charge is -2.18. The first-order chi connectivity index (χ1) is 20.4. The van der Waals surface area contributed by atoms with E-state index < -0.39 is 32.3 Å². The largest absolute Gasteiger partial charge is 0.379 e. The van der Waals surface area contributed by atoms with Crippen molar-refractivity contribution in [3.63, 3.8) is 0 Å². The van der Waals surface area contributed by atoms with Gasteiger partial charge in [-0.05, 0) is 6.42 Å². The van der Waals surface area contributed by atoms with E-state index in [4.69, 9.17) is 19.7 Å². The van der Waals surface area contributed by atoms with Crippen molar-refractivity contribution in [2.24, 2.45) is 0 Å². The summed E-state index contributed by atoms with van der Waals surface area (Å²) in [5.41, 5.74) is 5.27. The highest BCUT2D eigenvalue weighted by atomic mass is 31.2. The molecule has 42 heavy (non-hydrogen) atoms. The van der Waals surface area contributed by atoms with Crippen LogP contribution in [-0.2, 0) is 25.1 Å². The van der Waals surface area contributed by atoms with Crippen LogP contribution in [0.3, 0.4) is 0 Å². The molecule has 2 atom stereocenters. The fourth-order valence-corrected chi connectivity index (χ4v) is 5.63. The molecular formula is C29H53FN5O6P. The Labute approximate surface area is 249 Å². The summed E-state index contributed by atoms with van der Waals surface area (Å²) in [4.78, 5) is 32.2. The summed E-state index contributed by atoms with van der Waals surface area (Å²) < 4.78 is 43.0. The van der Waals surface area contributed by atoms with Crippen molar-refractivity contribution in [1.82, 2.24) is 19.5 Å².